The Morgan fingerprint density at radius 1 is 1.47 bits per heavy atom. The topological polar surface area (TPSA) is 70.9 Å². The minimum Gasteiger partial charge on any atom is -0.368 e. The van der Waals surface area contributed by atoms with Crippen LogP contribution in [0.4, 0.5) is 0 Å². The van der Waals surface area contributed by atoms with E-state index in [1.807, 2.05) is 19.1 Å². The molecule has 0 radical (unpaired) electrons. The van der Waals surface area contributed by atoms with Crippen LogP contribution in [0.5, 0.6) is 0 Å². The standard InChI is InChI=1S/C14H19N3OS/c1-14(16-2,13(15)18)7-8-19-12-9-10-5-3-4-6-11(10)17-12/h3-6,9,16-17H,7-8H2,1-2H3,(H2,15,18). The van der Waals surface area contributed by atoms with Crippen LogP contribution in [-0.2, 0) is 4.79 Å². The lowest BCUT2D eigenvalue weighted by Gasteiger charge is -2.24. The molecule has 1 atom stereocenters. The van der Waals surface area contributed by atoms with Crippen LogP contribution in [0.2, 0.25) is 0 Å². The summed E-state index contributed by atoms with van der Waals surface area (Å²) in [5, 5.41) is 5.31. The first kappa shape index (κ1) is 14.0. The fourth-order valence-corrected chi connectivity index (χ4v) is 2.98. The number of carbonyl (C=O) groups excluding carboxylic acids is 1. The molecule has 0 aliphatic carbocycles. The monoisotopic (exact) mass is 277 g/mol. The number of nitrogens with two attached hydrogens (primary N) is 1. The van der Waals surface area contributed by atoms with E-state index < -0.39 is 5.54 Å². The van der Waals surface area contributed by atoms with Gasteiger partial charge in [-0.3, -0.25) is 4.79 Å². The highest BCUT2D eigenvalue weighted by molar-refractivity contribution is 7.99. The Balaban J connectivity index is 1.97. The second-order valence-corrected chi connectivity index (χ2v) is 5.90. The fraction of sp³-hybridized carbons (Fsp3) is 0.357. The third kappa shape index (κ3) is 3.11. The summed E-state index contributed by atoms with van der Waals surface area (Å²) in [7, 11) is 1.76. The zero-order valence-electron chi connectivity index (χ0n) is 11.2. The largest absolute Gasteiger partial charge is 0.368 e. The highest BCUT2D eigenvalue weighted by Gasteiger charge is 2.28. The number of para-hydroxylation sites is 1. The maximum absolute atomic E-state index is 11.4. The van der Waals surface area contributed by atoms with Gasteiger partial charge < -0.3 is 16.0 Å². The number of aromatic nitrogens is 1. The molecule has 1 amide bonds. The Labute approximate surface area is 117 Å². The Bertz CT molecular complexity index is 548. The van der Waals surface area contributed by atoms with Gasteiger partial charge in [0.15, 0.2) is 0 Å². The van der Waals surface area contributed by atoms with E-state index in [0.717, 1.165) is 16.3 Å². The Hall–Kier alpha value is -1.46. The SMILES string of the molecule is CNC(C)(CCSc1cc2ccccc2[nH]1)C(N)=O. The van der Waals surface area contributed by atoms with Gasteiger partial charge in [0.05, 0.1) is 10.6 Å². The van der Waals surface area contributed by atoms with E-state index in [0.29, 0.717) is 6.42 Å². The smallest absolute Gasteiger partial charge is 0.237 e. The number of hydrogen-bond acceptors (Lipinski definition) is 3. The molecule has 2 rings (SSSR count). The Morgan fingerprint density at radius 3 is 2.84 bits per heavy atom. The second-order valence-electron chi connectivity index (χ2n) is 4.77. The number of fused-ring (bicyclic) bond motifs is 1. The van der Waals surface area contributed by atoms with Crippen molar-refractivity contribution in [1.82, 2.24) is 10.3 Å². The van der Waals surface area contributed by atoms with Gasteiger partial charge >= 0.3 is 0 Å². The van der Waals surface area contributed by atoms with Crippen molar-refractivity contribution >= 4 is 28.6 Å². The van der Waals surface area contributed by atoms with E-state index in [2.05, 4.69) is 28.5 Å². The van der Waals surface area contributed by atoms with Crippen LogP contribution in [0.3, 0.4) is 0 Å². The van der Waals surface area contributed by atoms with E-state index >= 15 is 0 Å². The number of likely N-dealkylation sites (N-methyl/N-ethyl adjacent to an activating group) is 1. The van der Waals surface area contributed by atoms with E-state index in [4.69, 9.17) is 5.73 Å². The molecule has 0 saturated carbocycles. The number of benzene rings is 1. The van der Waals surface area contributed by atoms with E-state index in [1.54, 1.807) is 18.8 Å². The number of thioether (sulfide) groups is 1. The molecule has 0 aliphatic heterocycles. The number of primary amides is 1. The highest BCUT2D eigenvalue weighted by atomic mass is 32.2. The normalized spacial score (nSPS) is 14.4. The van der Waals surface area contributed by atoms with Gasteiger partial charge in [0.2, 0.25) is 5.91 Å². The average molecular weight is 277 g/mol. The summed E-state index contributed by atoms with van der Waals surface area (Å²) in [4.78, 5) is 14.7. The molecule has 5 heteroatoms. The molecule has 19 heavy (non-hydrogen) atoms. The van der Waals surface area contributed by atoms with Crippen molar-refractivity contribution in [3.8, 4) is 0 Å². The number of carbonyl (C=O) groups is 1. The molecule has 4 N–H and O–H groups in total. The molecular weight excluding hydrogens is 258 g/mol. The molecule has 102 valence electrons. The predicted octanol–water partition coefficient (Wildman–Crippen LogP) is 2.11. The number of rotatable bonds is 6. The molecule has 0 saturated heterocycles. The summed E-state index contributed by atoms with van der Waals surface area (Å²) in [5.41, 5.74) is 5.90. The average Bonchev–Trinajstić information content (AvgIpc) is 2.80. The number of nitrogens with one attached hydrogen (secondary N) is 2. The van der Waals surface area contributed by atoms with Crippen molar-refractivity contribution in [2.45, 2.75) is 23.9 Å². The molecule has 1 unspecified atom stereocenters. The maximum atomic E-state index is 11.4. The number of hydrogen-bond donors (Lipinski definition) is 3. The summed E-state index contributed by atoms with van der Waals surface area (Å²) < 4.78 is 0. The zero-order valence-corrected chi connectivity index (χ0v) is 12.0. The summed E-state index contributed by atoms with van der Waals surface area (Å²) in [6, 6.07) is 10.3. The predicted molar refractivity (Wildman–Crippen MR) is 80.3 cm³/mol. The van der Waals surface area contributed by atoms with Crippen LogP contribution in [0.25, 0.3) is 10.9 Å². The van der Waals surface area contributed by atoms with Gasteiger partial charge in [-0.25, -0.2) is 0 Å². The minimum atomic E-state index is -0.640. The highest BCUT2D eigenvalue weighted by Crippen LogP contribution is 2.25. The summed E-state index contributed by atoms with van der Waals surface area (Å²) in [6.07, 6.45) is 0.693. The molecule has 1 aromatic heterocycles. The quantitative estimate of drug-likeness (QED) is 0.708. The maximum Gasteiger partial charge on any atom is 0.237 e. The van der Waals surface area contributed by atoms with Crippen LogP contribution in [0, 0.1) is 0 Å². The summed E-state index contributed by atoms with van der Waals surface area (Å²) in [6.45, 7) is 1.83. The molecular formula is C14H19N3OS. The van der Waals surface area contributed by atoms with Crippen LogP contribution >= 0.6 is 11.8 Å². The van der Waals surface area contributed by atoms with Crippen molar-refractivity contribution in [3.05, 3.63) is 30.3 Å². The first-order chi connectivity index (χ1) is 9.05. The van der Waals surface area contributed by atoms with Gasteiger partial charge in [0.1, 0.15) is 0 Å². The molecule has 0 aliphatic rings. The van der Waals surface area contributed by atoms with E-state index in [9.17, 15) is 4.79 Å². The van der Waals surface area contributed by atoms with Crippen LogP contribution in [0.15, 0.2) is 35.4 Å². The third-order valence-corrected chi connectivity index (χ3v) is 4.40. The molecule has 0 bridgehead atoms. The van der Waals surface area contributed by atoms with Crippen molar-refractivity contribution in [1.29, 1.82) is 0 Å². The van der Waals surface area contributed by atoms with E-state index in [-0.39, 0.29) is 5.91 Å². The van der Waals surface area contributed by atoms with E-state index in [1.165, 1.54) is 5.39 Å². The summed E-state index contributed by atoms with van der Waals surface area (Å²) >= 11 is 1.70. The Kier molecular flexibility index (Phi) is 4.17. The number of amides is 1. The van der Waals surface area contributed by atoms with Crippen LogP contribution in [0.1, 0.15) is 13.3 Å². The van der Waals surface area contributed by atoms with Gasteiger partial charge in [-0.05, 0) is 32.5 Å². The molecule has 1 heterocycles. The van der Waals surface area contributed by atoms with Crippen LogP contribution < -0.4 is 11.1 Å². The molecule has 0 fully saturated rings. The zero-order chi connectivity index (χ0) is 13.9. The van der Waals surface area contributed by atoms with Crippen molar-refractivity contribution in [3.63, 3.8) is 0 Å². The van der Waals surface area contributed by atoms with Crippen LogP contribution in [-0.4, -0.2) is 29.2 Å². The third-order valence-electron chi connectivity index (χ3n) is 3.46. The van der Waals surface area contributed by atoms with Gasteiger partial charge in [0, 0.05) is 16.7 Å². The molecule has 0 spiro atoms. The molecule has 4 nitrogen and oxygen atoms in total. The first-order valence-electron chi connectivity index (χ1n) is 6.24. The Morgan fingerprint density at radius 2 is 2.21 bits per heavy atom. The lowest BCUT2D eigenvalue weighted by atomic mass is 9.99. The number of aromatic amines is 1. The van der Waals surface area contributed by atoms with Gasteiger partial charge in [-0.2, -0.15) is 0 Å². The fourth-order valence-electron chi connectivity index (χ4n) is 1.86. The van der Waals surface area contributed by atoms with Crippen molar-refractivity contribution in [2.75, 3.05) is 12.8 Å². The van der Waals surface area contributed by atoms with Gasteiger partial charge in [-0.1, -0.05) is 18.2 Å². The number of H-pyrrole nitrogens is 1. The van der Waals surface area contributed by atoms with Gasteiger partial charge in [-0.15, -0.1) is 11.8 Å². The lowest BCUT2D eigenvalue weighted by molar-refractivity contribution is -0.123. The molecule has 1 aromatic carbocycles. The first-order valence-corrected chi connectivity index (χ1v) is 7.23. The molecule has 2 aromatic rings. The van der Waals surface area contributed by atoms with Gasteiger partial charge in [0.25, 0.3) is 0 Å². The summed E-state index contributed by atoms with van der Waals surface area (Å²) in [5.74, 6) is 0.514. The second kappa shape index (κ2) is 5.67. The van der Waals surface area contributed by atoms with Crippen molar-refractivity contribution in [2.24, 2.45) is 5.73 Å². The van der Waals surface area contributed by atoms with Crippen molar-refractivity contribution < 1.29 is 4.79 Å². The lowest BCUT2D eigenvalue weighted by Crippen LogP contribution is -2.51. The minimum absolute atomic E-state index is 0.313.